The summed E-state index contributed by atoms with van der Waals surface area (Å²) in [5.41, 5.74) is 2.05. The molecule has 0 aromatic carbocycles. The highest BCUT2D eigenvalue weighted by molar-refractivity contribution is 5.15. The van der Waals surface area contributed by atoms with Crippen LogP contribution in [-0.2, 0) is 11.3 Å². The Morgan fingerprint density at radius 3 is 3.04 bits per heavy atom. The predicted octanol–water partition coefficient (Wildman–Crippen LogP) is 2.73. The molecule has 3 heterocycles. The number of rotatable bonds is 4. The molecule has 0 unspecified atom stereocenters. The topological polar surface area (TPSA) is 47.5 Å². The molecular weight excluding hydrogens is 321 g/mol. The van der Waals surface area contributed by atoms with Crippen LogP contribution in [0.15, 0.2) is 36.5 Å². The van der Waals surface area contributed by atoms with E-state index >= 15 is 0 Å². The van der Waals surface area contributed by atoms with Crippen molar-refractivity contribution in [1.82, 2.24) is 14.9 Å². The number of pyridine rings is 2. The maximum absolute atomic E-state index is 14.0. The Balaban J connectivity index is 1.54. The second-order valence-corrected chi connectivity index (χ2v) is 6.67. The molecule has 2 fully saturated rings. The molecule has 1 saturated heterocycles. The Morgan fingerprint density at radius 2 is 2.20 bits per heavy atom. The predicted molar refractivity (Wildman–Crippen MR) is 90.8 cm³/mol. The molecule has 0 spiro atoms. The number of nitrogens with zero attached hydrogens (tertiary/aromatic N) is 3. The summed E-state index contributed by atoms with van der Waals surface area (Å²) in [6.07, 6.45) is 3.21. The van der Waals surface area contributed by atoms with E-state index in [2.05, 4.69) is 14.9 Å². The lowest BCUT2D eigenvalue weighted by atomic mass is 10.1. The van der Waals surface area contributed by atoms with E-state index in [1.165, 1.54) is 6.07 Å². The Bertz CT molecular complexity index is 742. The van der Waals surface area contributed by atoms with Gasteiger partial charge in [0, 0.05) is 31.0 Å². The van der Waals surface area contributed by atoms with Crippen LogP contribution in [0.1, 0.15) is 24.2 Å². The summed E-state index contributed by atoms with van der Waals surface area (Å²) >= 11 is 0. The molecule has 25 heavy (non-hydrogen) atoms. The van der Waals surface area contributed by atoms with Gasteiger partial charge in [0.2, 0.25) is 0 Å². The van der Waals surface area contributed by atoms with Crippen molar-refractivity contribution in [2.24, 2.45) is 0 Å². The lowest BCUT2D eigenvalue weighted by Crippen LogP contribution is -2.44. The van der Waals surface area contributed by atoms with Crippen molar-refractivity contribution in [2.45, 2.75) is 44.6 Å². The van der Waals surface area contributed by atoms with Gasteiger partial charge in [0.05, 0.1) is 18.4 Å². The summed E-state index contributed by atoms with van der Waals surface area (Å²) < 4.78 is 25.9. The molecule has 5 nitrogen and oxygen atoms in total. The highest BCUT2D eigenvalue weighted by Crippen LogP contribution is 2.33. The SMILES string of the molecule is Cc1cccc(CN2CCO[C@H]3CC[C@H]2[C@@H]3Oc2ncccc2F)n1. The minimum atomic E-state index is -0.432. The van der Waals surface area contributed by atoms with Gasteiger partial charge >= 0.3 is 0 Å². The van der Waals surface area contributed by atoms with Crippen LogP contribution in [-0.4, -0.2) is 46.3 Å². The normalized spacial score (nSPS) is 26.4. The zero-order chi connectivity index (χ0) is 17.2. The zero-order valence-electron chi connectivity index (χ0n) is 14.3. The first-order valence-electron chi connectivity index (χ1n) is 8.76. The molecular formula is C19H22FN3O2. The van der Waals surface area contributed by atoms with Crippen molar-refractivity contribution >= 4 is 0 Å². The molecule has 3 atom stereocenters. The van der Waals surface area contributed by atoms with Crippen molar-refractivity contribution in [3.05, 3.63) is 53.7 Å². The lowest BCUT2D eigenvalue weighted by Gasteiger charge is -2.30. The summed E-state index contributed by atoms with van der Waals surface area (Å²) in [5, 5.41) is 0. The van der Waals surface area contributed by atoms with Crippen LogP contribution in [0, 0.1) is 12.7 Å². The van der Waals surface area contributed by atoms with E-state index in [0.29, 0.717) is 6.61 Å². The molecule has 2 aromatic rings. The van der Waals surface area contributed by atoms with Crippen LogP contribution in [0.4, 0.5) is 4.39 Å². The molecule has 2 aromatic heterocycles. The fourth-order valence-corrected chi connectivity index (χ4v) is 3.80. The van der Waals surface area contributed by atoms with Crippen molar-refractivity contribution in [1.29, 1.82) is 0 Å². The lowest BCUT2D eigenvalue weighted by molar-refractivity contribution is 0.000128. The molecule has 6 heteroatoms. The molecule has 0 amide bonds. The quantitative estimate of drug-likeness (QED) is 0.854. The van der Waals surface area contributed by atoms with Crippen LogP contribution >= 0.6 is 0 Å². The van der Waals surface area contributed by atoms with Gasteiger partial charge in [0.1, 0.15) is 6.10 Å². The molecule has 1 saturated carbocycles. The number of fused-ring (bicyclic) bond motifs is 2. The van der Waals surface area contributed by atoms with Gasteiger partial charge < -0.3 is 9.47 Å². The number of ether oxygens (including phenoxy) is 2. The van der Waals surface area contributed by atoms with E-state index in [-0.39, 0.29) is 24.1 Å². The van der Waals surface area contributed by atoms with E-state index in [4.69, 9.17) is 9.47 Å². The van der Waals surface area contributed by atoms with Gasteiger partial charge in [-0.15, -0.1) is 0 Å². The highest BCUT2D eigenvalue weighted by Gasteiger charge is 2.44. The monoisotopic (exact) mass is 343 g/mol. The van der Waals surface area contributed by atoms with Gasteiger partial charge in [-0.1, -0.05) is 6.07 Å². The Hall–Kier alpha value is -2.05. The van der Waals surface area contributed by atoms with Crippen molar-refractivity contribution < 1.29 is 13.9 Å². The van der Waals surface area contributed by atoms with Gasteiger partial charge in [-0.05, 0) is 44.0 Å². The molecule has 2 aliphatic rings. The molecule has 1 aliphatic carbocycles. The van der Waals surface area contributed by atoms with Gasteiger partial charge in [0.25, 0.3) is 5.88 Å². The van der Waals surface area contributed by atoms with Crippen molar-refractivity contribution in [3.63, 3.8) is 0 Å². The van der Waals surface area contributed by atoms with E-state index < -0.39 is 5.82 Å². The number of hydrogen-bond donors (Lipinski definition) is 0. The third kappa shape index (κ3) is 3.50. The molecule has 2 bridgehead atoms. The molecule has 4 rings (SSSR count). The van der Waals surface area contributed by atoms with Gasteiger partial charge in [-0.3, -0.25) is 9.88 Å². The summed E-state index contributed by atoms with van der Waals surface area (Å²) in [7, 11) is 0. The second kappa shape index (κ2) is 7.06. The minimum absolute atomic E-state index is 0.0122. The van der Waals surface area contributed by atoms with E-state index in [0.717, 1.165) is 37.3 Å². The van der Waals surface area contributed by atoms with E-state index in [1.807, 2.05) is 25.1 Å². The number of aryl methyl sites for hydroxylation is 1. The van der Waals surface area contributed by atoms with Crippen LogP contribution in [0.5, 0.6) is 5.88 Å². The first-order chi connectivity index (χ1) is 12.2. The fraction of sp³-hybridized carbons (Fsp3) is 0.474. The third-order valence-electron chi connectivity index (χ3n) is 4.96. The van der Waals surface area contributed by atoms with Crippen LogP contribution in [0.25, 0.3) is 0 Å². The highest BCUT2D eigenvalue weighted by atomic mass is 19.1. The summed E-state index contributed by atoms with van der Waals surface area (Å²) in [6, 6.07) is 9.18. The van der Waals surface area contributed by atoms with Crippen LogP contribution < -0.4 is 4.74 Å². The average molecular weight is 343 g/mol. The molecule has 0 radical (unpaired) electrons. The minimum Gasteiger partial charge on any atom is -0.468 e. The van der Waals surface area contributed by atoms with Crippen LogP contribution in [0.2, 0.25) is 0 Å². The van der Waals surface area contributed by atoms with Crippen molar-refractivity contribution in [2.75, 3.05) is 13.2 Å². The van der Waals surface area contributed by atoms with Gasteiger partial charge in [0.15, 0.2) is 5.82 Å². The Morgan fingerprint density at radius 1 is 1.28 bits per heavy atom. The molecule has 1 aliphatic heterocycles. The summed E-state index contributed by atoms with van der Waals surface area (Å²) in [6.45, 7) is 4.21. The summed E-state index contributed by atoms with van der Waals surface area (Å²) in [5.74, 6) is -0.374. The largest absolute Gasteiger partial charge is 0.468 e. The standard InChI is InChI=1S/C19H22FN3O2/c1-13-4-2-5-14(22-13)12-23-10-11-24-17-8-7-16(23)18(17)25-19-15(20)6-3-9-21-19/h2-6,9,16-18H,7-8,10-12H2,1H3/t16-,17-,18-/m0/s1. The third-order valence-corrected chi connectivity index (χ3v) is 4.96. The maximum atomic E-state index is 14.0. The summed E-state index contributed by atoms with van der Waals surface area (Å²) in [4.78, 5) is 11.0. The van der Waals surface area contributed by atoms with Crippen LogP contribution in [0.3, 0.4) is 0 Å². The molecule has 0 N–H and O–H groups in total. The first kappa shape index (κ1) is 16.4. The van der Waals surface area contributed by atoms with Crippen molar-refractivity contribution in [3.8, 4) is 5.88 Å². The van der Waals surface area contributed by atoms with Gasteiger partial charge in [-0.2, -0.15) is 0 Å². The first-order valence-corrected chi connectivity index (χ1v) is 8.76. The number of aromatic nitrogens is 2. The van der Waals surface area contributed by atoms with E-state index in [9.17, 15) is 4.39 Å². The molecule has 132 valence electrons. The Labute approximate surface area is 146 Å². The van der Waals surface area contributed by atoms with Gasteiger partial charge in [-0.25, -0.2) is 9.37 Å². The maximum Gasteiger partial charge on any atom is 0.250 e. The zero-order valence-corrected chi connectivity index (χ0v) is 14.3. The number of halogens is 1. The average Bonchev–Trinajstić information content (AvgIpc) is 2.90. The Kier molecular flexibility index (Phi) is 4.63. The number of hydrogen-bond acceptors (Lipinski definition) is 5. The fourth-order valence-electron chi connectivity index (χ4n) is 3.80. The van der Waals surface area contributed by atoms with E-state index in [1.54, 1.807) is 12.3 Å². The smallest absolute Gasteiger partial charge is 0.250 e. The second-order valence-electron chi connectivity index (χ2n) is 6.67.